The highest BCUT2D eigenvalue weighted by Gasteiger charge is 2.28. The second kappa shape index (κ2) is 11.0. The van der Waals surface area contributed by atoms with E-state index in [1.807, 2.05) is 19.1 Å². The minimum atomic E-state index is -0.980. The number of nitrogens with one attached hydrogen (secondary N) is 2. The Bertz CT molecular complexity index is 1220. The number of para-hydroxylation sites is 3. The van der Waals surface area contributed by atoms with Gasteiger partial charge >= 0.3 is 5.97 Å². The molecule has 1 aromatic heterocycles. The number of rotatable bonds is 9. The van der Waals surface area contributed by atoms with Crippen molar-refractivity contribution in [1.82, 2.24) is 15.3 Å². The lowest BCUT2D eigenvalue weighted by molar-refractivity contribution is -0.146. The maximum atomic E-state index is 12.8. The van der Waals surface area contributed by atoms with Crippen LogP contribution in [0.2, 0.25) is 0 Å². The largest absolute Gasteiger partial charge is 0.507 e. The minimum Gasteiger partial charge on any atom is -0.507 e. The van der Waals surface area contributed by atoms with Crippen molar-refractivity contribution in [3.63, 3.8) is 0 Å². The summed E-state index contributed by atoms with van der Waals surface area (Å²) in [6.07, 6.45) is 0. The van der Waals surface area contributed by atoms with Crippen LogP contribution in [0.1, 0.15) is 37.0 Å². The van der Waals surface area contributed by atoms with Gasteiger partial charge in [0.05, 0.1) is 23.2 Å². The molecule has 3 aromatic rings. The van der Waals surface area contributed by atoms with Crippen molar-refractivity contribution >= 4 is 28.5 Å². The van der Waals surface area contributed by atoms with E-state index in [4.69, 9.17) is 9.47 Å². The number of H-pyrrole nitrogens is 1. The summed E-state index contributed by atoms with van der Waals surface area (Å²) in [6.45, 7) is 5.16. The van der Waals surface area contributed by atoms with Crippen LogP contribution in [0, 0.1) is 17.2 Å². The Morgan fingerprint density at radius 3 is 2.56 bits per heavy atom. The third-order valence-electron chi connectivity index (χ3n) is 5.02. The summed E-state index contributed by atoms with van der Waals surface area (Å²) in [5.74, 6) is -1.41. The van der Waals surface area contributed by atoms with E-state index in [0.29, 0.717) is 29.0 Å². The first kappa shape index (κ1) is 24.3. The number of hydrogen-bond acceptors (Lipinski definition) is 7. The van der Waals surface area contributed by atoms with Crippen molar-refractivity contribution in [2.45, 2.75) is 26.8 Å². The average molecular weight is 463 g/mol. The number of ether oxygens (including phenoxy) is 2. The second-order valence-electron chi connectivity index (χ2n) is 7.77. The Hall–Kier alpha value is -4.32. The van der Waals surface area contributed by atoms with Gasteiger partial charge in [0.25, 0.3) is 5.91 Å². The van der Waals surface area contributed by atoms with Crippen LogP contribution in [0.25, 0.3) is 16.6 Å². The average Bonchev–Trinajstić information content (AvgIpc) is 3.25. The molecule has 9 nitrogen and oxygen atoms in total. The number of carbonyl (C=O) groups is 2. The lowest BCUT2D eigenvalue weighted by Crippen LogP contribution is -2.45. The van der Waals surface area contributed by atoms with E-state index >= 15 is 0 Å². The number of aromatic amines is 1. The van der Waals surface area contributed by atoms with Crippen LogP contribution >= 0.6 is 0 Å². The molecule has 0 aliphatic rings. The molecule has 0 saturated heterocycles. The molecule has 1 amide bonds. The van der Waals surface area contributed by atoms with Crippen LogP contribution in [-0.4, -0.2) is 46.2 Å². The Labute approximate surface area is 197 Å². The third kappa shape index (κ3) is 5.53. The Morgan fingerprint density at radius 2 is 1.88 bits per heavy atom. The summed E-state index contributed by atoms with van der Waals surface area (Å²) < 4.78 is 10.7. The summed E-state index contributed by atoms with van der Waals surface area (Å²) in [7, 11) is 0. The number of aromatic nitrogens is 2. The van der Waals surface area contributed by atoms with Gasteiger partial charge in [0.1, 0.15) is 30.0 Å². The highest BCUT2D eigenvalue weighted by molar-refractivity contribution is 5.99. The van der Waals surface area contributed by atoms with E-state index in [1.165, 1.54) is 0 Å². The van der Waals surface area contributed by atoms with E-state index in [1.54, 1.807) is 56.3 Å². The van der Waals surface area contributed by atoms with Crippen LogP contribution in [0.5, 0.6) is 5.75 Å². The van der Waals surface area contributed by atoms with Gasteiger partial charge in [-0.25, -0.2) is 9.78 Å². The lowest BCUT2D eigenvalue weighted by atomic mass is 10.0. The summed E-state index contributed by atoms with van der Waals surface area (Å²) in [6, 6.07) is 14.8. The summed E-state index contributed by atoms with van der Waals surface area (Å²) >= 11 is 0. The quantitative estimate of drug-likeness (QED) is 0.250. The first-order valence-electron chi connectivity index (χ1n) is 10.8. The number of allylic oxidation sites excluding steroid dienone is 1. The van der Waals surface area contributed by atoms with Gasteiger partial charge in [-0.3, -0.25) is 4.79 Å². The van der Waals surface area contributed by atoms with Gasteiger partial charge in [0.15, 0.2) is 11.6 Å². The van der Waals surface area contributed by atoms with E-state index in [9.17, 15) is 20.0 Å². The molecule has 0 aliphatic heterocycles. The van der Waals surface area contributed by atoms with Crippen molar-refractivity contribution < 1.29 is 24.2 Å². The number of amides is 1. The maximum Gasteiger partial charge on any atom is 0.329 e. The molecule has 0 bridgehead atoms. The molecule has 176 valence electrons. The predicted octanol–water partition coefficient (Wildman–Crippen LogP) is 3.75. The van der Waals surface area contributed by atoms with Gasteiger partial charge in [-0.1, -0.05) is 38.1 Å². The van der Waals surface area contributed by atoms with Crippen LogP contribution in [-0.2, 0) is 9.53 Å². The molecular formula is C25H26N4O5. The number of nitriles is 1. The summed E-state index contributed by atoms with van der Waals surface area (Å²) in [5.41, 5.74) is 1.48. The highest BCUT2D eigenvalue weighted by atomic mass is 16.5. The SMILES string of the molecule is CCOc1ccccc1C(=O)NC(C(=O)OC/C(O)=C(\C#N)c1nc2ccccc2[nH]1)C(C)C. The first-order valence-corrected chi connectivity index (χ1v) is 10.8. The predicted molar refractivity (Wildman–Crippen MR) is 126 cm³/mol. The summed E-state index contributed by atoms with van der Waals surface area (Å²) in [5, 5.41) is 22.6. The number of fused-ring (bicyclic) bond motifs is 1. The van der Waals surface area contributed by atoms with Crippen molar-refractivity contribution in [3.8, 4) is 11.8 Å². The van der Waals surface area contributed by atoms with E-state index in [-0.39, 0.29) is 17.3 Å². The molecule has 0 saturated carbocycles. The Balaban J connectivity index is 1.73. The number of carbonyl (C=O) groups excluding carboxylic acids is 2. The Kier molecular flexibility index (Phi) is 7.88. The van der Waals surface area contributed by atoms with Gasteiger partial charge in [-0.15, -0.1) is 0 Å². The Morgan fingerprint density at radius 1 is 1.18 bits per heavy atom. The number of benzene rings is 2. The van der Waals surface area contributed by atoms with Gasteiger partial charge < -0.3 is 24.9 Å². The molecule has 9 heteroatoms. The van der Waals surface area contributed by atoms with Crippen LogP contribution in [0.15, 0.2) is 54.3 Å². The van der Waals surface area contributed by atoms with Crippen molar-refractivity contribution in [3.05, 3.63) is 65.7 Å². The normalized spacial score (nSPS) is 12.6. The molecule has 1 heterocycles. The monoisotopic (exact) mass is 462 g/mol. The lowest BCUT2D eigenvalue weighted by Gasteiger charge is -2.21. The molecule has 34 heavy (non-hydrogen) atoms. The third-order valence-corrected chi connectivity index (χ3v) is 5.02. The van der Waals surface area contributed by atoms with Gasteiger partial charge in [0, 0.05) is 0 Å². The highest BCUT2D eigenvalue weighted by Crippen LogP contribution is 2.20. The molecule has 2 aromatic carbocycles. The smallest absolute Gasteiger partial charge is 0.329 e. The second-order valence-corrected chi connectivity index (χ2v) is 7.77. The number of esters is 1. The molecule has 1 atom stereocenters. The van der Waals surface area contributed by atoms with Crippen molar-refractivity contribution in [1.29, 1.82) is 5.26 Å². The number of nitrogens with zero attached hydrogens (tertiary/aromatic N) is 2. The van der Waals surface area contributed by atoms with E-state index in [0.717, 1.165) is 0 Å². The molecular weight excluding hydrogens is 436 g/mol. The van der Waals surface area contributed by atoms with Crippen LogP contribution in [0.4, 0.5) is 0 Å². The van der Waals surface area contributed by atoms with Gasteiger partial charge in [0.2, 0.25) is 0 Å². The fourth-order valence-electron chi connectivity index (χ4n) is 3.28. The van der Waals surface area contributed by atoms with Gasteiger partial charge in [-0.2, -0.15) is 5.26 Å². The number of aliphatic hydroxyl groups excluding tert-OH is 1. The standard InChI is InChI=1S/C25H26N4O5/c1-4-33-21-12-8-5-9-16(21)24(31)29-22(15(2)3)25(32)34-14-20(30)17(13-26)23-27-18-10-6-7-11-19(18)28-23/h5-12,15,22,30H,4,14H2,1-3H3,(H,27,28)(H,29,31)/b20-17-. The zero-order valence-corrected chi connectivity index (χ0v) is 19.2. The topological polar surface area (TPSA) is 137 Å². The zero-order chi connectivity index (χ0) is 24.7. The van der Waals surface area contributed by atoms with Crippen LogP contribution < -0.4 is 10.1 Å². The number of hydrogen-bond donors (Lipinski definition) is 3. The first-order chi connectivity index (χ1) is 16.3. The molecule has 0 fully saturated rings. The van der Waals surface area contributed by atoms with E-state index < -0.39 is 30.3 Å². The molecule has 0 aliphatic carbocycles. The number of imidazole rings is 1. The summed E-state index contributed by atoms with van der Waals surface area (Å²) in [4.78, 5) is 32.8. The molecule has 0 spiro atoms. The maximum absolute atomic E-state index is 12.8. The van der Waals surface area contributed by atoms with Crippen molar-refractivity contribution in [2.75, 3.05) is 13.2 Å². The molecule has 3 rings (SSSR count). The molecule has 0 radical (unpaired) electrons. The fourth-order valence-corrected chi connectivity index (χ4v) is 3.28. The van der Waals surface area contributed by atoms with Gasteiger partial charge in [-0.05, 0) is 37.1 Å². The minimum absolute atomic E-state index is 0.139. The van der Waals surface area contributed by atoms with E-state index in [2.05, 4.69) is 15.3 Å². The zero-order valence-electron chi connectivity index (χ0n) is 19.2. The molecule has 3 N–H and O–H groups in total. The fraction of sp³-hybridized carbons (Fsp3) is 0.280. The molecule has 1 unspecified atom stereocenters. The van der Waals surface area contributed by atoms with Crippen molar-refractivity contribution in [2.24, 2.45) is 5.92 Å². The number of aliphatic hydroxyl groups is 1. The van der Waals surface area contributed by atoms with Crippen LogP contribution in [0.3, 0.4) is 0 Å².